The van der Waals surface area contributed by atoms with Gasteiger partial charge in [-0.15, -0.1) is 0 Å². The number of carbonyl (C=O) groups is 1. The second-order valence-electron chi connectivity index (χ2n) is 5.24. The highest BCUT2D eigenvalue weighted by atomic mass is 16.5. The van der Waals surface area contributed by atoms with Gasteiger partial charge in [0.25, 0.3) is 0 Å². The Balaban J connectivity index is 2.98. The molecule has 0 aliphatic heterocycles. The third-order valence-corrected chi connectivity index (χ3v) is 2.64. The molecule has 114 valence electrons. The van der Waals surface area contributed by atoms with Crippen LogP contribution in [0.3, 0.4) is 0 Å². The lowest BCUT2D eigenvalue weighted by atomic mass is 10.2. The number of esters is 1. The van der Waals surface area contributed by atoms with Gasteiger partial charge in [-0.3, -0.25) is 9.80 Å². The quantitative estimate of drug-likeness (QED) is 0.344. The summed E-state index contributed by atoms with van der Waals surface area (Å²) >= 11 is 0. The largest absolute Gasteiger partial charge is 0.406 e. The minimum Gasteiger partial charge on any atom is -0.406 e. The number of nitrogens with zero attached hydrogens (tertiary/aromatic N) is 3. The first-order valence-electron chi connectivity index (χ1n) is 7.05. The average molecular weight is 289 g/mol. The van der Waals surface area contributed by atoms with Crippen LogP contribution in [0.2, 0.25) is 0 Å². The molecule has 0 aliphatic rings. The highest BCUT2D eigenvalue weighted by Gasteiger charge is 2.11. The van der Waals surface area contributed by atoms with Gasteiger partial charge in [0.05, 0.1) is 0 Å². The summed E-state index contributed by atoms with van der Waals surface area (Å²) in [5.74, 6) is -0.239. The van der Waals surface area contributed by atoms with E-state index in [2.05, 4.69) is 10.3 Å². The smallest absolute Gasteiger partial charge is 0.309 e. The highest BCUT2D eigenvalue weighted by molar-refractivity contribution is 5.68. The summed E-state index contributed by atoms with van der Waals surface area (Å²) in [6, 6.07) is 9.96. The molecule has 0 saturated carbocycles. The van der Waals surface area contributed by atoms with Gasteiger partial charge in [0, 0.05) is 25.1 Å². The summed E-state index contributed by atoms with van der Waals surface area (Å²) in [6.45, 7) is 9.48. The SMILES string of the molecule is CC(=O)OC(=C/c1ccccc1)/N=N/N(C(C)C)C(C)C. The molecule has 0 heterocycles. The van der Waals surface area contributed by atoms with Crippen molar-refractivity contribution in [3.05, 3.63) is 41.8 Å². The van der Waals surface area contributed by atoms with Crippen molar-refractivity contribution in [2.24, 2.45) is 10.3 Å². The van der Waals surface area contributed by atoms with Crippen LogP contribution < -0.4 is 0 Å². The van der Waals surface area contributed by atoms with E-state index in [0.29, 0.717) is 0 Å². The maximum Gasteiger partial charge on any atom is 0.309 e. The Hall–Kier alpha value is -2.17. The fourth-order valence-corrected chi connectivity index (χ4v) is 1.82. The molecule has 0 aromatic heterocycles. The van der Waals surface area contributed by atoms with Gasteiger partial charge in [-0.05, 0) is 33.3 Å². The first-order valence-corrected chi connectivity index (χ1v) is 7.05. The Kier molecular flexibility index (Phi) is 6.59. The number of hydrogen-bond donors (Lipinski definition) is 0. The zero-order valence-electron chi connectivity index (χ0n) is 13.3. The standard InChI is InChI=1S/C16H23N3O2/c1-12(2)19(13(3)4)18-17-16(21-14(5)20)11-15-9-7-6-8-10-15/h6-13H,1-5H3/b16-11+,18-17+. The van der Waals surface area contributed by atoms with Crippen LogP contribution in [0.15, 0.2) is 46.6 Å². The van der Waals surface area contributed by atoms with E-state index < -0.39 is 5.97 Å². The monoisotopic (exact) mass is 289 g/mol. The maximum atomic E-state index is 11.2. The lowest BCUT2D eigenvalue weighted by Crippen LogP contribution is -2.31. The van der Waals surface area contributed by atoms with Crippen molar-refractivity contribution in [2.75, 3.05) is 0 Å². The van der Waals surface area contributed by atoms with Gasteiger partial charge in [0.15, 0.2) is 0 Å². The fourth-order valence-electron chi connectivity index (χ4n) is 1.82. The summed E-state index contributed by atoms with van der Waals surface area (Å²) in [6.07, 6.45) is 1.68. The Morgan fingerprint density at radius 1 is 1.14 bits per heavy atom. The van der Waals surface area contributed by atoms with Gasteiger partial charge in [-0.2, -0.15) is 0 Å². The van der Waals surface area contributed by atoms with Crippen LogP contribution >= 0.6 is 0 Å². The molecule has 0 bridgehead atoms. The van der Waals surface area contributed by atoms with Gasteiger partial charge in [-0.25, -0.2) is 0 Å². The molecule has 0 atom stereocenters. The molecule has 0 radical (unpaired) electrons. The lowest BCUT2D eigenvalue weighted by Gasteiger charge is -2.25. The minimum absolute atomic E-state index is 0.181. The molecule has 0 amide bonds. The average Bonchev–Trinajstić information content (AvgIpc) is 2.38. The predicted octanol–water partition coefficient (Wildman–Crippen LogP) is 4.03. The van der Waals surface area contributed by atoms with Gasteiger partial charge in [-0.1, -0.05) is 40.7 Å². The molecule has 5 heteroatoms. The number of ether oxygens (including phenoxy) is 1. The molecule has 5 nitrogen and oxygen atoms in total. The zero-order valence-corrected chi connectivity index (χ0v) is 13.3. The topological polar surface area (TPSA) is 54.3 Å². The molecule has 0 unspecified atom stereocenters. The Morgan fingerprint density at radius 3 is 2.19 bits per heavy atom. The number of rotatable bonds is 6. The van der Waals surface area contributed by atoms with Crippen LogP contribution in [0, 0.1) is 0 Å². The van der Waals surface area contributed by atoms with E-state index in [1.54, 1.807) is 6.08 Å². The summed E-state index contributed by atoms with van der Waals surface area (Å²) < 4.78 is 5.10. The Morgan fingerprint density at radius 2 is 1.71 bits per heavy atom. The van der Waals surface area contributed by atoms with Crippen LogP contribution in [-0.2, 0) is 9.53 Å². The number of benzene rings is 1. The van der Waals surface area contributed by atoms with Gasteiger partial charge < -0.3 is 4.74 Å². The van der Waals surface area contributed by atoms with Crippen molar-refractivity contribution < 1.29 is 9.53 Å². The van der Waals surface area contributed by atoms with E-state index in [9.17, 15) is 4.79 Å². The van der Waals surface area contributed by atoms with Crippen molar-refractivity contribution in [3.8, 4) is 0 Å². The van der Waals surface area contributed by atoms with Crippen molar-refractivity contribution in [2.45, 2.75) is 46.7 Å². The zero-order chi connectivity index (χ0) is 15.8. The molecule has 1 aromatic rings. The van der Waals surface area contributed by atoms with E-state index in [4.69, 9.17) is 4.74 Å². The summed E-state index contributed by atoms with van der Waals surface area (Å²) in [7, 11) is 0. The second kappa shape index (κ2) is 8.19. The van der Waals surface area contributed by atoms with Crippen LogP contribution in [0.4, 0.5) is 0 Å². The number of carbonyl (C=O) groups excluding carboxylic acids is 1. The van der Waals surface area contributed by atoms with E-state index in [0.717, 1.165) is 5.56 Å². The molecule has 0 fully saturated rings. The lowest BCUT2D eigenvalue weighted by molar-refractivity contribution is -0.136. The minimum atomic E-state index is -0.420. The van der Waals surface area contributed by atoms with Crippen molar-refractivity contribution in [3.63, 3.8) is 0 Å². The Labute approximate surface area is 126 Å². The van der Waals surface area contributed by atoms with E-state index in [1.807, 2.05) is 63.0 Å². The van der Waals surface area contributed by atoms with Crippen LogP contribution in [0.5, 0.6) is 0 Å². The van der Waals surface area contributed by atoms with Gasteiger partial charge >= 0.3 is 5.97 Å². The van der Waals surface area contributed by atoms with Gasteiger partial charge in [0.2, 0.25) is 5.88 Å². The summed E-state index contributed by atoms with van der Waals surface area (Å²) in [5, 5.41) is 10.1. The molecule has 21 heavy (non-hydrogen) atoms. The third-order valence-electron chi connectivity index (χ3n) is 2.64. The van der Waals surface area contributed by atoms with E-state index in [-0.39, 0.29) is 18.0 Å². The van der Waals surface area contributed by atoms with Crippen molar-refractivity contribution in [1.82, 2.24) is 5.01 Å². The van der Waals surface area contributed by atoms with E-state index >= 15 is 0 Å². The van der Waals surface area contributed by atoms with Crippen LogP contribution in [0.25, 0.3) is 6.08 Å². The molecule has 0 aliphatic carbocycles. The van der Waals surface area contributed by atoms with Crippen LogP contribution in [-0.4, -0.2) is 23.1 Å². The first-order chi connectivity index (χ1) is 9.90. The first kappa shape index (κ1) is 16.9. The third kappa shape index (κ3) is 6.21. The maximum absolute atomic E-state index is 11.2. The normalized spacial score (nSPS) is 12.2. The molecule has 0 saturated heterocycles. The molecular formula is C16H23N3O2. The summed E-state index contributed by atoms with van der Waals surface area (Å²) in [4.78, 5) is 11.2. The molecular weight excluding hydrogens is 266 g/mol. The van der Waals surface area contributed by atoms with E-state index in [1.165, 1.54) is 6.92 Å². The molecule has 0 spiro atoms. The Bertz CT molecular complexity index is 500. The second-order valence-corrected chi connectivity index (χ2v) is 5.24. The van der Waals surface area contributed by atoms with Crippen molar-refractivity contribution >= 4 is 12.0 Å². The fraction of sp³-hybridized carbons (Fsp3) is 0.438. The number of hydrogen-bond acceptors (Lipinski definition) is 4. The summed E-state index contributed by atoms with van der Waals surface area (Å²) in [5.41, 5.74) is 0.897. The molecule has 0 N–H and O–H groups in total. The molecule has 1 rings (SSSR count). The van der Waals surface area contributed by atoms with Crippen LogP contribution in [0.1, 0.15) is 40.2 Å². The highest BCUT2D eigenvalue weighted by Crippen LogP contribution is 2.13. The predicted molar refractivity (Wildman–Crippen MR) is 83.2 cm³/mol. The van der Waals surface area contributed by atoms with Gasteiger partial charge in [0.1, 0.15) is 0 Å². The molecule has 1 aromatic carbocycles. The van der Waals surface area contributed by atoms with Crippen molar-refractivity contribution in [1.29, 1.82) is 0 Å².